The number of H-pyrrole nitrogens is 2. The van der Waals surface area contributed by atoms with Crippen molar-refractivity contribution in [3.63, 3.8) is 0 Å². The van der Waals surface area contributed by atoms with E-state index < -0.39 is 0 Å². The third kappa shape index (κ3) is 2.60. The average molecular weight is 333 g/mol. The maximum atomic E-state index is 4.80. The third-order valence-electron chi connectivity index (χ3n) is 5.38. The van der Waals surface area contributed by atoms with Gasteiger partial charge in [0, 0.05) is 11.0 Å². The Morgan fingerprint density at radius 2 is 1.52 bits per heavy atom. The van der Waals surface area contributed by atoms with E-state index in [1.165, 1.54) is 5.56 Å². The van der Waals surface area contributed by atoms with Gasteiger partial charge in [-0.3, -0.25) is 0 Å². The zero-order valence-electron chi connectivity index (χ0n) is 15.1. The molecular formula is C20H23N5. The van der Waals surface area contributed by atoms with E-state index in [9.17, 15) is 0 Å². The monoisotopic (exact) mass is 333 g/mol. The molecule has 0 amide bonds. The number of pyridine rings is 1. The fourth-order valence-electron chi connectivity index (χ4n) is 3.09. The minimum Gasteiger partial charge on any atom is -0.326 e. The lowest BCUT2D eigenvalue weighted by Crippen LogP contribution is -2.21. The molecule has 5 heteroatoms. The molecule has 0 aliphatic rings. The first-order valence-corrected chi connectivity index (χ1v) is 8.86. The number of aromatic nitrogens is 5. The van der Waals surface area contributed by atoms with Crippen LogP contribution in [0, 0.1) is 6.92 Å². The van der Waals surface area contributed by atoms with Crippen LogP contribution in [0.2, 0.25) is 0 Å². The van der Waals surface area contributed by atoms with E-state index in [0.29, 0.717) is 0 Å². The molecule has 0 fully saturated rings. The van der Waals surface area contributed by atoms with Crippen LogP contribution in [0.1, 0.15) is 45.0 Å². The van der Waals surface area contributed by atoms with Gasteiger partial charge in [0.2, 0.25) is 0 Å². The van der Waals surface area contributed by atoms with Crippen molar-refractivity contribution in [2.75, 3.05) is 0 Å². The maximum Gasteiger partial charge on any atom is 0.160 e. The maximum absolute atomic E-state index is 4.80. The summed E-state index contributed by atoms with van der Waals surface area (Å²) < 4.78 is 0. The number of benzene rings is 1. The summed E-state index contributed by atoms with van der Waals surface area (Å²) in [6.45, 7) is 8.72. The van der Waals surface area contributed by atoms with Crippen molar-refractivity contribution in [3.05, 3.63) is 41.7 Å². The number of nitrogens with one attached hydrogen (secondary N) is 2. The highest BCUT2D eigenvalue weighted by Gasteiger charge is 2.26. The minimum absolute atomic E-state index is 0.0505. The molecule has 0 saturated carbocycles. The normalized spacial score (nSPS) is 12.3. The quantitative estimate of drug-likeness (QED) is 0.559. The number of hydrogen-bond donors (Lipinski definition) is 2. The van der Waals surface area contributed by atoms with Crippen LogP contribution < -0.4 is 0 Å². The highest BCUT2D eigenvalue weighted by molar-refractivity contribution is 5.87. The van der Waals surface area contributed by atoms with Gasteiger partial charge < -0.3 is 9.97 Å². The number of nitrogens with zero attached hydrogens (tertiary/aromatic N) is 3. The van der Waals surface area contributed by atoms with Crippen LogP contribution in [-0.4, -0.2) is 24.9 Å². The zero-order valence-corrected chi connectivity index (χ0v) is 15.1. The zero-order chi connectivity index (χ0) is 17.6. The van der Waals surface area contributed by atoms with Crippen molar-refractivity contribution < 1.29 is 0 Å². The van der Waals surface area contributed by atoms with Crippen molar-refractivity contribution in [2.45, 2.75) is 46.0 Å². The first kappa shape index (κ1) is 15.8. The fourth-order valence-corrected chi connectivity index (χ4v) is 3.09. The number of aryl methyl sites for hydroxylation is 1. The van der Waals surface area contributed by atoms with Gasteiger partial charge in [-0.05, 0) is 25.8 Å². The van der Waals surface area contributed by atoms with Crippen molar-refractivity contribution >= 4 is 22.3 Å². The van der Waals surface area contributed by atoms with Gasteiger partial charge in [0.1, 0.15) is 22.7 Å². The molecule has 0 aliphatic carbocycles. The Bertz CT molecular complexity index is 984. The third-order valence-corrected chi connectivity index (χ3v) is 5.38. The Hall–Kier alpha value is -2.69. The summed E-state index contributed by atoms with van der Waals surface area (Å²) in [5.41, 5.74) is 5.66. The summed E-state index contributed by atoms with van der Waals surface area (Å²) >= 11 is 0. The first-order chi connectivity index (χ1) is 12.0. The van der Waals surface area contributed by atoms with E-state index in [1.807, 2.05) is 6.07 Å². The second-order valence-corrected chi connectivity index (χ2v) is 7.03. The molecule has 0 radical (unpaired) electrons. The number of hydrogen-bond acceptors (Lipinski definition) is 3. The van der Waals surface area contributed by atoms with Crippen LogP contribution in [-0.2, 0) is 5.41 Å². The Balaban J connectivity index is 1.81. The predicted molar refractivity (Wildman–Crippen MR) is 102 cm³/mol. The van der Waals surface area contributed by atoms with Gasteiger partial charge in [-0.15, -0.1) is 0 Å². The molecule has 4 rings (SSSR count). The highest BCUT2D eigenvalue weighted by atomic mass is 15.1. The molecule has 4 aromatic rings. The Labute approximate surface area is 146 Å². The summed E-state index contributed by atoms with van der Waals surface area (Å²) in [4.78, 5) is 21.0. The second kappa shape index (κ2) is 5.69. The van der Waals surface area contributed by atoms with Crippen LogP contribution in [0.25, 0.3) is 33.7 Å². The predicted octanol–water partition coefficient (Wildman–Crippen LogP) is 4.89. The Kier molecular flexibility index (Phi) is 3.60. The number of rotatable bonds is 4. The molecule has 3 heterocycles. The van der Waals surface area contributed by atoms with E-state index >= 15 is 0 Å². The summed E-state index contributed by atoms with van der Waals surface area (Å²) in [7, 11) is 0. The van der Waals surface area contributed by atoms with Gasteiger partial charge in [-0.2, -0.15) is 0 Å². The van der Waals surface area contributed by atoms with Crippen molar-refractivity contribution in [3.8, 4) is 11.4 Å². The topological polar surface area (TPSA) is 70.2 Å². The van der Waals surface area contributed by atoms with E-state index in [2.05, 4.69) is 61.9 Å². The highest BCUT2D eigenvalue weighted by Crippen LogP contribution is 2.30. The van der Waals surface area contributed by atoms with E-state index in [-0.39, 0.29) is 5.41 Å². The molecule has 0 aliphatic heterocycles. The molecule has 1 aromatic carbocycles. The van der Waals surface area contributed by atoms with Crippen LogP contribution in [0.5, 0.6) is 0 Å². The average Bonchev–Trinajstić information content (AvgIpc) is 3.22. The van der Waals surface area contributed by atoms with Gasteiger partial charge in [0.05, 0.1) is 0 Å². The van der Waals surface area contributed by atoms with Crippen molar-refractivity contribution in [1.82, 2.24) is 24.9 Å². The van der Waals surface area contributed by atoms with Crippen molar-refractivity contribution in [2.24, 2.45) is 0 Å². The minimum atomic E-state index is 0.0505. The molecule has 0 spiro atoms. The Morgan fingerprint density at radius 1 is 0.880 bits per heavy atom. The molecule has 0 bridgehead atoms. The lowest BCUT2D eigenvalue weighted by atomic mass is 9.84. The summed E-state index contributed by atoms with van der Waals surface area (Å²) in [5.74, 6) is 1.84. The molecule has 3 aromatic heterocycles. The van der Waals surface area contributed by atoms with Gasteiger partial charge >= 0.3 is 0 Å². The van der Waals surface area contributed by atoms with Crippen LogP contribution in [0.15, 0.2) is 30.3 Å². The van der Waals surface area contributed by atoms with Gasteiger partial charge in [-0.25, -0.2) is 15.0 Å². The summed E-state index contributed by atoms with van der Waals surface area (Å²) in [6, 6.07) is 10.3. The second-order valence-electron chi connectivity index (χ2n) is 7.03. The summed E-state index contributed by atoms with van der Waals surface area (Å²) in [6.07, 6.45) is 2.08. The lowest BCUT2D eigenvalue weighted by molar-refractivity contribution is 0.416. The van der Waals surface area contributed by atoms with Gasteiger partial charge in [0.15, 0.2) is 11.3 Å². The lowest BCUT2D eigenvalue weighted by Gasteiger charge is -2.23. The first-order valence-electron chi connectivity index (χ1n) is 8.86. The van der Waals surface area contributed by atoms with Crippen LogP contribution in [0.3, 0.4) is 0 Å². The fraction of sp³-hybridized carbons (Fsp3) is 0.350. The van der Waals surface area contributed by atoms with Crippen LogP contribution >= 0.6 is 0 Å². The number of imidazole rings is 2. The van der Waals surface area contributed by atoms with Gasteiger partial charge in [-0.1, -0.05) is 50.6 Å². The van der Waals surface area contributed by atoms with E-state index in [4.69, 9.17) is 15.0 Å². The number of fused-ring (bicyclic) bond motifs is 2. The van der Waals surface area contributed by atoms with Crippen molar-refractivity contribution in [1.29, 1.82) is 0 Å². The molecule has 5 nitrogen and oxygen atoms in total. The molecule has 2 N–H and O–H groups in total. The van der Waals surface area contributed by atoms with E-state index in [1.54, 1.807) is 0 Å². The molecule has 0 atom stereocenters. The smallest absolute Gasteiger partial charge is 0.160 e. The molecule has 0 unspecified atom stereocenters. The largest absolute Gasteiger partial charge is 0.326 e. The Morgan fingerprint density at radius 3 is 2.20 bits per heavy atom. The molecule has 25 heavy (non-hydrogen) atoms. The summed E-state index contributed by atoms with van der Waals surface area (Å²) in [5, 5.41) is 0. The molecular weight excluding hydrogens is 310 g/mol. The molecule has 128 valence electrons. The van der Waals surface area contributed by atoms with Gasteiger partial charge in [0.25, 0.3) is 0 Å². The van der Waals surface area contributed by atoms with E-state index in [0.717, 1.165) is 52.4 Å². The number of aromatic amines is 2. The standard InChI is InChI=1S/C20H23N5/c1-5-20(4,6-2)19-22-15-11-14-17(24-18(15)25-19)23-16(21-14)13-9-7-12(3)8-10-13/h7-11H,5-6H2,1-4H3,(H2,21,22,23,24,25). The SMILES string of the molecule is CCC(C)(CC)c1nc2cc3nc(-c4ccc(C)cc4)[nH]c3nc2[nH]1. The van der Waals surface area contributed by atoms with Crippen LogP contribution in [0.4, 0.5) is 0 Å². The molecule has 0 saturated heterocycles.